The second kappa shape index (κ2) is 6.39. The fourth-order valence-electron chi connectivity index (χ4n) is 2.08. The van der Waals surface area contributed by atoms with Crippen molar-refractivity contribution in [3.8, 4) is 5.75 Å². The number of rotatable bonds is 4. The number of hydrogen-bond donors (Lipinski definition) is 0. The molecule has 0 saturated heterocycles. The third kappa shape index (κ3) is 3.49. The zero-order valence-electron chi connectivity index (χ0n) is 12.7. The average Bonchev–Trinajstić information content (AvgIpc) is 2.47. The first-order valence-corrected chi connectivity index (χ1v) is 6.95. The highest BCUT2D eigenvalue weighted by Gasteiger charge is 2.15. The van der Waals surface area contributed by atoms with Crippen LogP contribution in [0.25, 0.3) is 0 Å². The van der Waals surface area contributed by atoms with E-state index in [0.717, 1.165) is 11.1 Å². The van der Waals surface area contributed by atoms with E-state index in [2.05, 4.69) is 0 Å². The lowest BCUT2D eigenvalue weighted by Crippen LogP contribution is -2.10. The molecular formula is C17H17NO4. The van der Waals surface area contributed by atoms with Gasteiger partial charge >= 0.3 is 5.97 Å². The van der Waals surface area contributed by atoms with Crippen molar-refractivity contribution in [3.05, 3.63) is 69.3 Å². The first kappa shape index (κ1) is 15.7. The zero-order chi connectivity index (χ0) is 16.3. The summed E-state index contributed by atoms with van der Waals surface area (Å²) >= 11 is 0. The van der Waals surface area contributed by atoms with Gasteiger partial charge in [0, 0.05) is 12.1 Å². The Kier molecular flexibility index (Phi) is 4.56. The molecule has 0 bridgehead atoms. The Labute approximate surface area is 128 Å². The Morgan fingerprint density at radius 2 is 1.77 bits per heavy atom. The van der Waals surface area contributed by atoms with Crippen molar-refractivity contribution < 1.29 is 14.5 Å². The van der Waals surface area contributed by atoms with E-state index in [-0.39, 0.29) is 17.2 Å². The van der Waals surface area contributed by atoms with Crippen LogP contribution in [0.5, 0.6) is 5.75 Å². The van der Waals surface area contributed by atoms with E-state index in [9.17, 15) is 14.9 Å². The number of carbonyl (C=O) groups excluding carboxylic acids is 1. The maximum absolute atomic E-state index is 12.2. The van der Waals surface area contributed by atoms with Crippen LogP contribution in [0.4, 0.5) is 5.69 Å². The third-order valence-electron chi connectivity index (χ3n) is 3.31. The molecule has 0 N–H and O–H groups in total. The van der Waals surface area contributed by atoms with Crippen molar-refractivity contribution in [2.45, 2.75) is 26.7 Å². The van der Waals surface area contributed by atoms with Crippen LogP contribution in [0.1, 0.15) is 41.3 Å². The van der Waals surface area contributed by atoms with Gasteiger partial charge in [-0.25, -0.2) is 4.79 Å². The molecule has 0 saturated carbocycles. The second-order valence-electron chi connectivity index (χ2n) is 5.39. The minimum atomic E-state index is -0.526. The number of carbonyl (C=O) groups is 1. The molecule has 0 heterocycles. The average molecular weight is 299 g/mol. The number of benzene rings is 2. The van der Waals surface area contributed by atoms with Gasteiger partial charge in [-0.1, -0.05) is 26.0 Å². The predicted molar refractivity (Wildman–Crippen MR) is 83.3 cm³/mol. The summed E-state index contributed by atoms with van der Waals surface area (Å²) in [6.45, 7) is 5.97. The summed E-state index contributed by atoms with van der Waals surface area (Å²) in [5.41, 5.74) is 2.16. The molecule has 5 heteroatoms. The lowest BCUT2D eigenvalue weighted by Gasteiger charge is -2.13. The molecule has 0 atom stereocenters. The van der Waals surface area contributed by atoms with E-state index in [1.54, 1.807) is 0 Å². The van der Waals surface area contributed by atoms with E-state index in [1.807, 2.05) is 39.0 Å². The van der Waals surface area contributed by atoms with Crippen LogP contribution < -0.4 is 4.74 Å². The Morgan fingerprint density at radius 1 is 1.14 bits per heavy atom. The first-order chi connectivity index (χ1) is 10.4. The van der Waals surface area contributed by atoms with Crippen molar-refractivity contribution in [1.29, 1.82) is 0 Å². The number of nitro groups is 1. The van der Waals surface area contributed by atoms with Gasteiger partial charge in [0.25, 0.3) is 5.69 Å². The topological polar surface area (TPSA) is 69.4 Å². The predicted octanol–water partition coefficient (Wildman–Crippen LogP) is 4.25. The SMILES string of the molecule is Cc1ccc(C(C)C)c(OC(=O)c2ccc([N+](=O)[O-])cc2)c1. The quantitative estimate of drug-likeness (QED) is 0.366. The maximum atomic E-state index is 12.2. The van der Waals surface area contributed by atoms with E-state index in [0.29, 0.717) is 5.75 Å². The maximum Gasteiger partial charge on any atom is 0.343 e. The Hall–Kier alpha value is -2.69. The lowest BCUT2D eigenvalue weighted by molar-refractivity contribution is -0.384. The van der Waals surface area contributed by atoms with Crippen molar-refractivity contribution in [3.63, 3.8) is 0 Å². The first-order valence-electron chi connectivity index (χ1n) is 6.95. The van der Waals surface area contributed by atoms with Crippen molar-refractivity contribution in [2.24, 2.45) is 0 Å². The standard InChI is InChI=1S/C17H17NO4/c1-11(2)15-9-4-12(3)10-16(15)22-17(19)13-5-7-14(8-6-13)18(20)21/h4-11H,1-3H3. The van der Waals surface area contributed by atoms with Gasteiger partial charge in [0.2, 0.25) is 0 Å². The van der Waals surface area contributed by atoms with Crippen LogP contribution in [-0.4, -0.2) is 10.9 Å². The van der Waals surface area contributed by atoms with E-state index in [4.69, 9.17) is 4.74 Å². The van der Waals surface area contributed by atoms with Crippen LogP contribution in [0.3, 0.4) is 0 Å². The summed E-state index contributed by atoms with van der Waals surface area (Å²) in [5.74, 6) is 0.223. The fraction of sp³-hybridized carbons (Fsp3) is 0.235. The molecule has 5 nitrogen and oxygen atoms in total. The van der Waals surface area contributed by atoms with Crippen molar-refractivity contribution in [1.82, 2.24) is 0 Å². The van der Waals surface area contributed by atoms with Gasteiger partial charge < -0.3 is 4.74 Å². The molecule has 0 aliphatic carbocycles. The van der Waals surface area contributed by atoms with Gasteiger partial charge in [0.1, 0.15) is 5.75 Å². The molecule has 0 aromatic heterocycles. The highest BCUT2D eigenvalue weighted by Crippen LogP contribution is 2.28. The molecule has 2 aromatic carbocycles. The highest BCUT2D eigenvalue weighted by atomic mass is 16.6. The van der Waals surface area contributed by atoms with Crippen LogP contribution in [0, 0.1) is 17.0 Å². The number of non-ortho nitro benzene ring substituents is 1. The Bertz CT molecular complexity index is 705. The monoisotopic (exact) mass is 299 g/mol. The molecule has 0 amide bonds. The summed E-state index contributed by atoms with van der Waals surface area (Å²) in [5, 5.41) is 10.6. The van der Waals surface area contributed by atoms with Gasteiger partial charge in [0.05, 0.1) is 10.5 Å². The zero-order valence-corrected chi connectivity index (χ0v) is 12.7. The van der Waals surface area contributed by atoms with E-state index in [1.165, 1.54) is 24.3 Å². The molecular weight excluding hydrogens is 282 g/mol. The normalized spacial score (nSPS) is 10.5. The number of aryl methyl sites for hydroxylation is 1. The molecule has 0 radical (unpaired) electrons. The molecule has 114 valence electrons. The summed E-state index contributed by atoms with van der Waals surface area (Å²) in [6, 6.07) is 11.1. The molecule has 0 aliphatic heterocycles. The third-order valence-corrected chi connectivity index (χ3v) is 3.31. The number of esters is 1. The number of hydrogen-bond acceptors (Lipinski definition) is 4. The minimum Gasteiger partial charge on any atom is -0.423 e. The van der Waals surface area contributed by atoms with Crippen LogP contribution >= 0.6 is 0 Å². The minimum absolute atomic E-state index is 0.0602. The summed E-state index contributed by atoms with van der Waals surface area (Å²) in [4.78, 5) is 22.3. The van der Waals surface area contributed by atoms with Crippen LogP contribution in [-0.2, 0) is 0 Å². The molecule has 22 heavy (non-hydrogen) atoms. The molecule has 0 fully saturated rings. The molecule has 0 aliphatic rings. The van der Waals surface area contributed by atoms with Gasteiger partial charge in [-0.2, -0.15) is 0 Å². The number of nitrogens with zero attached hydrogens (tertiary/aromatic N) is 1. The summed E-state index contributed by atoms with van der Waals surface area (Å²) in [6.07, 6.45) is 0. The largest absolute Gasteiger partial charge is 0.423 e. The number of nitro benzene ring substituents is 1. The summed E-state index contributed by atoms with van der Waals surface area (Å²) < 4.78 is 5.47. The molecule has 2 rings (SSSR count). The van der Waals surface area contributed by atoms with E-state index >= 15 is 0 Å². The van der Waals surface area contributed by atoms with Crippen molar-refractivity contribution in [2.75, 3.05) is 0 Å². The van der Waals surface area contributed by atoms with Gasteiger partial charge in [-0.05, 0) is 42.2 Å². The molecule has 2 aromatic rings. The Balaban J connectivity index is 2.25. The molecule has 0 unspecified atom stereocenters. The fourth-order valence-corrected chi connectivity index (χ4v) is 2.08. The van der Waals surface area contributed by atoms with Crippen LogP contribution in [0.2, 0.25) is 0 Å². The highest BCUT2D eigenvalue weighted by molar-refractivity contribution is 5.91. The van der Waals surface area contributed by atoms with Gasteiger partial charge in [-0.15, -0.1) is 0 Å². The van der Waals surface area contributed by atoms with Gasteiger partial charge in [0.15, 0.2) is 0 Å². The van der Waals surface area contributed by atoms with Gasteiger partial charge in [-0.3, -0.25) is 10.1 Å². The lowest BCUT2D eigenvalue weighted by atomic mass is 10.0. The molecule has 0 spiro atoms. The van der Waals surface area contributed by atoms with E-state index < -0.39 is 10.9 Å². The summed E-state index contributed by atoms with van der Waals surface area (Å²) in [7, 11) is 0. The second-order valence-corrected chi connectivity index (χ2v) is 5.39. The van der Waals surface area contributed by atoms with Crippen LogP contribution in [0.15, 0.2) is 42.5 Å². The van der Waals surface area contributed by atoms with Crippen molar-refractivity contribution >= 4 is 11.7 Å². The smallest absolute Gasteiger partial charge is 0.343 e. The number of ether oxygens (including phenoxy) is 1. The Morgan fingerprint density at radius 3 is 2.32 bits per heavy atom.